The van der Waals surface area contributed by atoms with Crippen molar-refractivity contribution in [2.45, 2.75) is 19.3 Å². The normalized spacial score (nSPS) is 16.5. The minimum atomic E-state index is 0.462. The summed E-state index contributed by atoms with van der Waals surface area (Å²) in [6, 6.07) is 17.3. The monoisotopic (exact) mass is 495 g/mol. The largest absolute Gasteiger partial charge is 0.263 e. The number of benzene rings is 2. The molecule has 0 N–H and O–H groups in total. The Morgan fingerprint density at radius 3 is 2.60 bits per heavy atom. The maximum Gasteiger partial charge on any atom is 0.106 e. The lowest BCUT2D eigenvalue weighted by Crippen LogP contribution is -2.15. The first-order valence-corrected chi connectivity index (χ1v) is 12.9. The molecule has 0 spiro atoms. The maximum atomic E-state index is 6.73. The first-order valence-electron chi connectivity index (χ1n) is 11.7. The molecular formula is C28H22ClN5S. The number of hydrogen-bond acceptors (Lipinski definition) is 6. The van der Waals surface area contributed by atoms with E-state index in [4.69, 9.17) is 11.6 Å². The predicted molar refractivity (Wildman–Crippen MR) is 145 cm³/mol. The van der Waals surface area contributed by atoms with Crippen molar-refractivity contribution in [2.24, 2.45) is 21.4 Å². The van der Waals surface area contributed by atoms with Crippen LogP contribution < -0.4 is 0 Å². The van der Waals surface area contributed by atoms with Gasteiger partial charge in [0.2, 0.25) is 0 Å². The van der Waals surface area contributed by atoms with Crippen LogP contribution in [0.3, 0.4) is 0 Å². The average Bonchev–Trinajstić information content (AvgIpc) is 3.54. The van der Waals surface area contributed by atoms with Crippen molar-refractivity contribution in [2.75, 3.05) is 6.54 Å². The number of nitrogens with zero attached hydrogens (tertiary/aromatic N) is 5. The van der Waals surface area contributed by atoms with E-state index in [9.17, 15) is 0 Å². The zero-order chi connectivity index (χ0) is 23.6. The average molecular weight is 496 g/mol. The van der Waals surface area contributed by atoms with Crippen LogP contribution >= 0.6 is 22.9 Å². The molecule has 1 saturated carbocycles. The highest BCUT2D eigenvalue weighted by Crippen LogP contribution is 2.46. The third-order valence-electron chi connectivity index (χ3n) is 6.60. The molecule has 7 heteroatoms. The Bertz CT molecular complexity index is 1510. The summed E-state index contributed by atoms with van der Waals surface area (Å²) >= 11 is 8.39. The lowest BCUT2D eigenvalue weighted by atomic mass is 9.73. The van der Waals surface area contributed by atoms with Crippen molar-refractivity contribution in [1.82, 2.24) is 9.97 Å². The highest BCUT2D eigenvalue weighted by molar-refractivity contribution is 7.16. The van der Waals surface area contributed by atoms with Crippen LogP contribution in [0.2, 0.25) is 5.02 Å². The molecule has 35 heavy (non-hydrogen) atoms. The van der Waals surface area contributed by atoms with Gasteiger partial charge in [0.1, 0.15) is 6.54 Å². The van der Waals surface area contributed by atoms with Gasteiger partial charge in [0.25, 0.3) is 0 Å². The number of aromatic nitrogens is 2. The molecule has 0 radical (unpaired) electrons. The molecule has 6 rings (SSSR count). The lowest BCUT2D eigenvalue weighted by Gasteiger charge is -2.32. The molecule has 1 aliphatic carbocycles. The Labute approximate surface area is 212 Å². The van der Waals surface area contributed by atoms with Gasteiger partial charge < -0.3 is 0 Å². The highest BCUT2D eigenvalue weighted by atomic mass is 35.5. The van der Waals surface area contributed by atoms with Crippen LogP contribution in [-0.2, 0) is 0 Å². The van der Waals surface area contributed by atoms with Crippen LogP contribution in [0.25, 0.3) is 27.4 Å². The van der Waals surface area contributed by atoms with Gasteiger partial charge in [-0.05, 0) is 76.1 Å². The van der Waals surface area contributed by atoms with Crippen molar-refractivity contribution >= 4 is 56.1 Å². The van der Waals surface area contributed by atoms with Crippen LogP contribution in [0.1, 0.15) is 41.5 Å². The SMILES string of the molecule is Clc1cnccc1/C(=C(\c1ccc(/C=C/C2=NN=NC2)cc1)c1ccc2scnc2c1)C1CCC1. The van der Waals surface area contributed by atoms with Gasteiger partial charge in [0, 0.05) is 18.0 Å². The highest BCUT2D eigenvalue weighted by Gasteiger charge is 2.28. The van der Waals surface area contributed by atoms with Gasteiger partial charge >= 0.3 is 0 Å². The Morgan fingerprint density at radius 1 is 1.00 bits per heavy atom. The van der Waals surface area contributed by atoms with Crippen LogP contribution in [0.15, 0.2) is 88.0 Å². The second-order valence-corrected chi connectivity index (χ2v) is 10.0. The van der Waals surface area contributed by atoms with Gasteiger partial charge in [0.05, 0.1) is 26.5 Å². The molecule has 0 amide bonds. The molecule has 5 nitrogen and oxygen atoms in total. The molecule has 4 aromatic rings. The second kappa shape index (κ2) is 9.64. The van der Waals surface area contributed by atoms with Crippen molar-refractivity contribution in [3.05, 3.63) is 99.8 Å². The summed E-state index contributed by atoms with van der Waals surface area (Å²) in [6.45, 7) is 0.540. The van der Waals surface area contributed by atoms with Crippen LogP contribution in [-0.4, -0.2) is 22.2 Å². The first-order chi connectivity index (χ1) is 17.3. The molecule has 2 aromatic heterocycles. The van der Waals surface area contributed by atoms with Gasteiger partial charge in [-0.15, -0.1) is 16.4 Å². The fourth-order valence-electron chi connectivity index (χ4n) is 4.60. The third-order valence-corrected chi connectivity index (χ3v) is 7.71. The number of fused-ring (bicyclic) bond motifs is 1. The van der Waals surface area contributed by atoms with Gasteiger partial charge in [0.15, 0.2) is 0 Å². The van der Waals surface area contributed by atoms with Crippen LogP contribution in [0.4, 0.5) is 0 Å². The Morgan fingerprint density at radius 2 is 1.86 bits per heavy atom. The molecule has 2 aromatic carbocycles. The first kappa shape index (κ1) is 22.0. The third kappa shape index (κ3) is 4.47. The minimum absolute atomic E-state index is 0.462. The number of thiazole rings is 1. The quantitative estimate of drug-likeness (QED) is 0.272. The molecular weight excluding hydrogens is 474 g/mol. The Balaban J connectivity index is 1.51. The van der Waals surface area contributed by atoms with Crippen LogP contribution in [0.5, 0.6) is 0 Å². The summed E-state index contributed by atoms with van der Waals surface area (Å²) in [5, 5.41) is 12.3. The van der Waals surface area contributed by atoms with E-state index >= 15 is 0 Å². The fraction of sp³-hybridized carbons (Fsp3) is 0.179. The Hall–Kier alpha value is -3.48. The molecule has 0 unspecified atom stereocenters. The standard InChI is InChI=1S/C28H22ClN5S/c29-24-16-30-13-12-23(24)28(19-2-1-3-19)27(21-9-11-26-25(14-21)31-17-35-26)20-7-4-18(5-8-20)6-10-22-15-32-34-33-22/h4-14,16-17,19H,1-3,15H2/b10-6+,28-27+. The van der Waals surface area contributed by atoms with Crippen molar-refractivity contribution in [1.29, 1.82) is 0 Å². The van der Waals surface area contributed by atoms with Gasteiger partial charge in [-0.3, -0.25) is 4.98 Å². The summed E-state index contributed by atoms with van der Waals surface area (Å²) in [4.78, 5) is 8.82. The van der Waals surface area contributed by atoms with Gasteiger partial charge in [-0.25, -0.2) is 4.98 Å². The van der Waals surface area contributed by atoms with Crippen molar-refractivity contribution in [3.63, 3.8) is 0 Å². The number of allylic oxidation sites excluding steroid dienone is 1. The molecule has 3 heterocycles. The maximum absolute atomic E-state index is 6.73. The molecule has 1 fully saturated rings. The van der Waals surface area contributed by atoms with E-state index in [2.05, 4.69) is 73.9 Å². The summed E-state index contributed by atoms with van der Waals surface area (Å²) in [6.07, 6.45) is 11.2. The minimum Gasteiger partial charge on any atom is -0.263 e. The summed E-state index contributed by atoms with van der Waals surface area (Å²) in [5.74, 6) is 0.462. The number of pyridine rings is 1. The zero-order valence-electron chi connectivity index (χ0n) is 18.9. The summed E-state index contributed by atoms with van der Waals surface area (Å²) < 4.78 is 1.19. The van der Waals surface area contributed by atoms with E-state index in [0.29, 0.717) is 17.5 Å². The summed E-state index contributed by atoms with van der Waals surface area (Å²) in [7, 11) is 0. The van der Waals surface area contributed by atoms with E-state index in [1.54, 1.807) is 17.5 Å². The molecule has 1 aliphatic heterocycles. The van der Waals surface area contributed by atoms with E-state index in [-0.39, 0.29) is 0 Å². The van der Waals surface area contributed by atoms with Gasteiger partial charge in [-0.2, -0.15) is 5.11 Å². The second-order valence-electron chi connectivity index (χ2n) is 8.74. The topological polar surface area (TPSA) is 62.9 Å². The zero-order valence-corrected chi connectivity index (χ0v) is 20.5. The molecule has 0 saturated heterocycles. The summed E-state index contributed by atoms with van der Waals surface area (Å²) in [5.41, 5.74) is 10.8. The molecule has 0 atom stereocenters. The van der Waals surface area contributed by atoms with E-state index in [0.717, 1.165) is 46.3 Å². The van der Waals surface area contributed by atoms with Crippen LogP contribution in [0, 0.1) is 5.92 Å². The van der Waals surface area contributed by atoms with Crippen molar-refractivity contribution in [3.8, 4) is 0 Å². The predicted octanol–water partition coefficient (Wildman–Crippen LogP) is 7.94. The van der Waals surface area contributed by atoms with Gasteiger partial charge in [-0.1, -0.05) is 54.4 Å². The number of hydrogen-bond donors (Lipinski definition) is 0. The van der Waals surface area contributed by atoms with E-state index < -0.39 is 0 Å². The van der Waals surface area contributed by atoms with Crippen molar-refractivity contribution < 1.29 is 0 Å². The molecule has 0 bridgehead atoms. The van der Waals surface area contributed by atoms with E-state index in [1.807, 2.05) is 23.8 Å². The van der Waals surface area contributed by atoms with E-state index in [1.165, 1.54) is 22.3 Å². The molecule has 172 valence electrons. The number of rotatable bonds is 6. The smallest absolute Gasteiger partial charge is 0.106 e. The fourth-order valence-corrected chi connectivity index (χ4v) is 5.48. The molecule has 2 aliphatic rings. The Kier molecular flexibility index (Phi) is 6.06. The number of halogens is 1. The lowest BCUT2D eigenvalue weighted by molar-refractivity contribution is 0.401.